The van der Waals surface area contributed by atoms with Crippen LogP contribution in [0.5, 0.6) is 0 Å². The van der Waals surface area contributed by atoms with Crippen molar-refractivity contribution in [3.05, 3.63) is 42.1 Å². The number of hydrogen-bond acceptors (Lipinski definition) is 1. The van der Waals surface area contributed by atoms with Gasteiger partial charge in [0.25, 0.3) is 0 Å². The normalized spacial score (nSPS) is 25.2. The van der Waals surface area contributed by atoms with E-state index in [2.05, 4.69) is 23.2 Å². The van der Waals surface area contributed by atoms with Crippen molar-refractivity contribution < 1.29 is 0 Å². The largest absolute Gasteiger partial charge is 0.256 e. The van der Waals surface area contributed by atoms with Crippen LogP contribution >= 0.6 is 11.6 Å². The van der Waals surface area contributed by atoms with E-state index in [1.165, 1.54) is 10.9 Å². The van der Waals surface area contributed by atoms with Crippen molar-refractivity contribution in [3.8, 4) is 0 Å². The summed E-state index contributed by atoms with van der Waals surface area (Å²) in [5.41, 5.74) is 2.43. The standard InChI is InChI=1S/C12H10ClN/c13-11-7-10(11)8-5-6-14-12-4-2-1-3-9(8)12/h1-6,10-11H,7H2. The summed E-state index contributed by atoms with van der Waals surface area (Å²) in [6, 6.07) is 10.3. The van der Waals surface area contributed by atoms with Crippen LogP contribution in [0.1, 0.15) is 17.9 Å². The van der Waals surface area contributed by atoms with Gasteiger partial charge < -0.3 is 0 Å². The van der Waals surface area contributed by atoms with Gasteiger partial charge in [-0.3, -0.25) is 4.98 Å². The van der Waals surface area contributed by atoms with Crippen molar-refractivity contribution in [2.24, 2.45) is 0 Å². The molecule has 2 unspecified atom stereocenters. The monoisotopic (exact) mass is 203 g/mol. The Morgan fingerprint density at radius 1 is 1.21 bits per heavy atom. The smallest absolute Gasteiger partial charge is 0.0704 e. The molecule has 1 nitrogen and oxygen atoms in total. The average molecular weight is 204 g/mol. The maximum atomic E-state index is 6.07. The highest BCUT2D eigenvalue weighted by molar-refractivity contribution is 6.23. The van der Waals surface area contributed by atoms with Crippen LogP contribution in [0.25, 0.3) is 10.9 Å². The van der Waals surface area contributed by atoms with Crippen LogP contribution in [0.3, 0.4) is 0 Å². The Kier molecular flexibility index (Phi) is 1.74. The second kappa shape index (κ2) is 2.96. The van der Waals surface area contributed by atoms with Gasteiger partial charge in [-0.1, -0.05) is 18.2 Å². The number of pyridine rings is 1. The van der Waals surface area contributed by atoms with Crippen molar-refractivity contribution in [1.82, 2.24) is 4.98 Å². The summed E-state index contributed by atoms with van der Waals surface area (Å²) >= 11 is 6.07. The van der Waals surface area contributed by atoms with E-state index < -0.39 is 0 Å². The van der Waals surface area contributed by atoms with E-state index in [0.717, 1.165) is 11.9 Å². The molecule has 0 amide bonds. The molecular formula is C12H10ClN. The molecule has 70 valence electrons. The molecule has 2 heteroatoms. The first-order valence-electron chi connectivity index (χ1n) is 4.84. The van der Waals surface area contributed by atoms with Crippen LogP contribution in [0.15, 0.2) is 36.5 Å². The minimum absolute atomic E-state index is 0.334. The zero-order chi connectivity index (χ0) is 9.54. The highest BCUT2D eigenvalue weighted by Gasteiger charge is 2.37. The predicted molar refractivity (Wildman–Crippen MR) is 58.7 cm³/mol. The first-order valence-corrected chi connectivity index (χ1v) is 5.27. The zero-order valence-electron chi connectivity index (χ0n) is 7.65. The fraction of sp³-hybridized carbons (Fsp3) is 0.250. The number of nitrogens with zero attached hydrogens (tertiary/aromatic N) is 1. The van der Waals surface area contributed by atoms with Gasteiger partial charge in [-0.05, 0) is 24.1 Å². The maximum Gasteiger partial charge on any atom is 0.0704 e. The molecule has 1 aromatic heterocycles. The highest BCUT2D eigenvalue weighted by Crippen LogP contribution is 2.46. The number of para-hydroxylation sites is 1. The van der Waals surface area contributed by atoms with Gasteiger partial charge in [0, 0.05) is 22.9 Å². The van der Waals surface area contributed by atoms with Crippen LogP contribution in [0.2, 0.25) is 0 Å². The molecule has 1 heterocycles. The lowest BCUT2D eigenvalue weighted by Crippen LogP contribution is -1.87. The van der Waals surface area contributed by atoms with E-state index in [9.17, 15) is 0 Å². The number of benzene rings is 1. The second-order valence-electron chi connectivity index (χ2n) is 3.78. The number of alkyl halides is 1. The third kappa shape index (κ3) is 1.20. The Morgan fingerprint density at radius 2 is 2.00 bits per heavy atom. The van der Waals surface area contributed by atoms with E-state index in [4.69, 9.17) is 11.6 Å². The van der Waals surface area contributed by atoms with Crippen LogP contribution in [0, 0.1) is 0 Å². The molecule has 2 atom stereocenters. The molecule has 0 bridgehead atoms. The summed E-state index contributed by atoms with van der Waals surface area (Å²) in [5.74, 6) is 0.546. The van der Waals surface area contributed by atoms with Crippen LogP contribution < -0.4 is 0 Å². The van der Waals surface area contributed by atoms with Crippen molar-refractivity contribution in [2.45, 2.75) is 17.7 Å². The Bertz CT molecular complexity index is 475. The Balaban J connectivity index is 2.23. The Hall–Kier alpha value is -1.08. The molecule has 1 aromatic carbocycles. The summed E-state index contributed by atoms with van der Waals surface area (Å²) in [4.78, 5) is 4.33. The molecule has 0 spiro atoms. The average Bonchev–Trinajstić information content (AvgIpc) is 2.95. The number of halogens is 1. The van der Waals surface area contributed by atoms with Gasteiger partial charge in [0.2, 0.25) is 0 Å². The van der Waals surface area contributed by atoms with E-state index in [-0.39, 0.29) is 0 Å². The molecule has 1 aliphatic carbocycles. The van der Waals surface area contributed by atoms with Crippen LogP contribution in [-0.2, 0) is 0 Å². The summed E-state index contributed by atoms with van der Waals surface area (Å²) in [5, 5.41) is 1.59. The molecule has 0 aliphatic heterocycles. The summed E-state index contributed by atoms with van der Waals surface area (Å²) in [6.07, 6.45) is 2.98. The highest BCUT2D eigenvalue weighted by atomic mass is 35.5. The van der Waals surface area contributed by atoms with Gasteiger partial charge in [0.1, 0.15) is 0 Å². The van der Waals surface area contributed by atoms with E-state index in [1.807, 2.05) is 18.3 Å². The summed E-state index contributed by atoms with van der Waals surface area (Å²) in [7, 11) is 0. The van der Waals surface area contributed by atoms with Gasteiger partial charge in [0.15, 0.2) is 0 Å². The van der Waals surface area contributed by atoms with Gasteiger partial charge in [-0.2, -0.15) is 0 Å². The van der Waals surface area contributed by atoms with Crippen molar-refractivity contribution >= 4 is 22.5 Å². The summed E-state index contributed by atoms with van der Waals surface area (Å²) < 4.78 is 0. The fourth-order valence-electron chi connectivity index (χ4n) is 1.93. The van der Waals surface area contributed by atoms with Crippen molar-refractivity contribution in [3.63, 3.8) is 0 Å². The maximum absolute atomic E-state index is 6.07. The number of rotatable bonds is 1. The predicted octanol–water partition coefficient (Wildman–Crippen LogP) is 3.33. The Morgan fingerprint density at radius 3 is 2.79 bits per heavy atom. The van der Waals surface area contributed by atoms with Gasteiger partial charge in [-0.25, -0.2) is 0 Å². The number of hydrogen-bond donors (Lipinski definition) is 0. The number of fused-ring (bicyclic) bond motifs is 1. The second-order valence-corrected chi connectivity index (χ2v) is 4.34. The summed E-state index contributed by atoms with van der Waals surface area (Å²) in [6.45, 7) is 0. The molecule has 2 aromatic rings. The molecule has 3 rings (SSSR count). The lowest BCUT2D eigenvalue weighted by Gasteiger charge is -2.03. The molecule has 1 fully saturated rings. The Labute approximate surface area is 87.7 Å². The first-order chi connectivity index (χ1) is 6.86. The third-order valence-corrected chi connectivity index (χ3v) is 3.28. The van der Waals surface area contributed by atoms with E-state index >= 15 is 0 Å². The third-order valence-electron chi connectivity index (χ3n) is 2.79. The molecular weight excluding hydrogens is 194 g/mol. The minimum Gasteiger partial charge on any atom is -0.256 e. The van der Waals surface area contributed by atoms with Gasteiger partial charge in [0.05, 0.1) is 5.52 Å². The topological polar surface area (TPSA) is 12.9 Å². The van der Waals surface area contributed by atoms with Crippen LogP contribution in [-0.4, -0.2) is 10.4 Å². The molecule has 0 saturated heterocycles. The van der Waals surface area contributed by atoms with Crippen molar-refractivity contribution in [2.75, 3.05) is 0 Å². The lowest BCUT2D eigenvalue weighted by atomic mass is 10.1. The van der Waals surface area contributed by atoms with Gasteiger partial charge in [-0.15, -0.1) is 11.6 Å². The first kappa shape index (κ1) is 8.25. The van der Waals surface area contributed by atoms with E-state index in [0.29, 0.717) is 11.3 Å². The SMILES string of the molecule is ClC1CC1c1ccnc2ccccc12. The molecule has 14 heavy (non-hydrogen) atoms. The van der Waals surface area contributed by atoms with Crippen LogP contribution in [0.4, 0.5) is 0 Å². The molecule has 0 N–H and O–H groups in total. The molecule has 1 aliphatic rings. The van der Waals surface area contributed by atoms with Crippen molar-refractivity contribution in [1.29, 1.82) is 0 Å². The minimum atomic E-state index is 0.334. The quantitative estimate of drug-likeness (QED) is 0.648. The van der Waals surface area contributed by atoms with Gasteiger partial charge >= 0.3 is 0 Å². The zero-order valence-corrected chi connectivity index (χ0v) is 8.41. The molecule has 0 radical (unpaired) electrons. The lowest BCUT2D eigenvalue weighted by molar-refractivity contribution is 1.14. The fourth-order valence-corrected chi connectivity index (χ4v) is 2.25. The van der Waals surface area contributed by atoms with E-state index in [1.54, 1.807) is 0 Å². The molecule has 1 saturated carbocycles. The number of aromatic nitrogens is 1.